The molecule has 0 aromatic rings. The van der Waals surface area contributed by atoms with E-state index in [1.54, 1.807) is 0 Å². The molecule has 2 saturated heterocycles. The monoisotopic (exact) mass is 212 g/mol. The SMILES string of the molecule is CC1CCCCN1C(=O)N1CCOCC1. The Balaban J connectivity index is 1.92. The number of amides is 2. The van der Waals surface area contributed by atoms with Gasteiger partial charge in [-0.1, -0.05) is 0 Å². The Morgan fingerprint density at radius 2 is 1.93 bits per heavy atom. The maximum atomic E-state index is 12.2. The lowest BCUT2D eigenvalue weighted by atomic mass is 10.0. The summed E-state index contributed by atoms with van der Waals surface area (Å²) in [5, 5.41) is 0. The topological polar surface area (TPSA) is 32.8 Å². The number of carbonyl (C=O) groups excluding carboxylic acids is 1. The Labute approximate surface area is 91.2 Å². The number of morpholine rings is 1. The highest BCUT2D eigenvalue weighted by molar-refractivity contribution is 5.75. The minimum Gasteiger partial charge on any atom is -0.378 e. The van der Waals surface area contributed by atoms with Gasteiger partial charge in [-0.05, 0) is 26.2 Å². The molecule has 86 valence electrons. The van der Waals surface area contributed by atoms with Crippen LogP contribution in [0.1, 0.15) is 26.2 Å². The summed E-state index contributed by atoms with van der Waals surface area (Å²) in [5.74, 6) is 0. The molecule has 0 saturated carbocycles. The van der Waals surface area contributed by atoms with Gasteiger partial charge in [0.1, 0.15) is 0 Å². The third-order valence-electron chi connectivity index (χ3n) is 3.33. The first-order chi connectivity index (χ1) is 7.29. The number of ether oxygens (including phenoxy) is 1. The number of nitrogens with zero attached hydrogens (tertiary/aromatic N) is 2. The lowest BCUT2D eigenvalue weighted by Gasteiger charge is -2.38. The van der Waals surface area contributed by atoms with Gasteiger partial charge in [0.15, 0.2) is 0 Å². The molecule has 0 radical (unpaired) electrons. The molecule has 0 aromatic heterocycles. The fraction of sp³-hybridized carbons (Fsp3) is 0.909. The van der Waals surface area contributed by atoms with Crippen molar-refractivity contribution in [3.63, 3.8) is 0 Å². The van der Waals surface area contributed by atoms with Crippen LogP contribution in [0.3, 0.4) is 0 Å². The Morgan fingerprint density at radius 3 is 2.60 bits per heavy atom. The fourth-order valence-corrected chi connectivity index (χ4v) is 2.32. The molecule has 4 heteroatoms. The third kappa shape index (κ3) is 2.43. The largest absolute Gasteiger partial charge is 0.378 e. The first-order valence-electron chi connectivity index (χ1n) is 5.92. The summed E-state index contributed by atoms with van der Waals surface area (Å²) in [6, 6.07) is 0.625. The van der Waals surface area contributed by atoms with Gasteiger partial charge in [-0.15, -0.1) is 0 Å². The maximum absolute atomic E-state index is 12.2. The second-order valence-corrected chi connectivity index (χ2v) is 4.42. The van der Waals surface area contributed by atoms with Crippen LogP contribution in [0.2, 0.25) is 0 Å². The molecule has 2 fully saturated rings. The molecule has 2 rings (SSSR count). The summed E-state index contributed by atoms with van der Waals surface area (Å²) in [4.78, 5) is 16.1. The van der Waals surface area contributed by atoms with Crippen LogP contribution >= 0.6 is 0 Å². The van der Waals surface area contributed by atoms with E-state index in [4.69, 9.17) is 4.74 Å². The number of carbonyl (C=O) groups is 1. The van der Waals surface area contributed by atoms with Crippen molar-refractivity contribution in [3.05, 3.63) is 0 Å². The van der Waals surface area contributed by atoms with Gasteiger partial charge < -0.3 is 14.5 Å². The van der Waals surface area contributed by atoms with E-state index in [1.807, 2.05) is 9.80 Å². The molecule has 1 unspecified atom stereocenters. The predicted octanol–water partition coefficient (Wildman–Crippen LogP) is 1.31. The van der Waals surface area contributed by atoms with E-state index < -0.39 is 0 Å². The first-order valence-corrected chi connectivity index (χ1v) is 5.92. The minimum atomic E-state index is 0.213. The number of rotatable bonds is 0. The van der Waals surface area contributed by atoms with Gasteiger partial charge in [0.05, 0.1) is 13.2 Å². The van der Waals surface area contributed by atoms with E-state index in [0.717, 1.165) is 32.5 Å². The van der Waals surface area contributed by atoms with Crippen molar-refractivity contribution >= 4 is 6.03 Å². The second-order valence-electron chi connectivity index (χ2n) is 4.42. The standard InChI is InChI=1S/C11H20N2O2/c1-10-4-2-3-5-13(10)11(14)12-6-8-15-9-7-12/h10H,2-9H2,1H3. The average molecular weight is 212 g/mol. The maximum Gasteiger partial charge on any atom is 0.320 e. The highest BCUT2D eigenvalue weighted by Gasteiger charge is 2.27. The average Bonchev–Trinajstić information content (AvgIpc) is 2.30. The normalized spacial score (nSPS) is 27.9. The van der Waals surface area contributed by atoms with E-state index >= 15 is 0 Å². The van der Waals surface area contributed by atoms with Crippen LogP contribution in [-0.4, -0.2) is 54.7 Å². The molecule has 0 bridgehead atoms. The predicted molar refractivity (Wildman–Crippen MR) is 57.8 cm³/mol. The molecule has 0 spiro atoms. The van der Waals surface area contributed by atoms with E-state index in [2.05, 4.69) is 6.92 Å². The number of likely N-dealkylation sites (tertiary alicyclic amines) is 1. The van der Waals surface area contributed by atoms with Crippen LogP contribution in [0, 0.1) is 0 Å². The number of urea groups is 1. The van der Waals surface area contributed by atoms with Gasteiger partial charge in [-0.2, -0.15) is 0 Å². The van der Waals surface area contributed by atoms with Crippen molar-refractivity contribution in [2.45, 2.75) is 32.2 Å². The van der Waals surface area contributed by atoms with Crippen molar-refractivity contribution in [1.29, 1.82) is 0 Å². The molecule has 2 aliphatic rings. The summed E-state index contributed by atoms with van der Waals surface area (Å²) in [7, 11) is 0. The zero-order valence-corrected chi connectivity index (χ0v) is 9.45. The lowest BCUT2D eigenvalue weighted by Crippen LogP contribution is -2.52. The van der Waals surface area contributed by atoms with Crippen molar-refractivity contribution < 1.29 is 9.53 Å². The summed E-state index contributed by atoms with van der Waals surface area (Å²) >= 11 is 0. The highest BCUT2D eigenvalue weighted by Crippen LogP contribution is 2.18. The third-order valence-corrected chi connectivity index (χ3v) is 3.33. The number of hydrogen-bond donors (Lipinski definition) is 0. The van der Waals surface area contributed by atoms with Gasteiger partial charge in [0.2, 0.25) is 0 Å². The molecule has 15 heavy (non-hydrogen) atoms. The Kier molecular flexibility index (Phi) is 3.46. The van der Waals surface area contributed by atoms with E-state index in [-0.39, 0.29) is 6.03 Å². The van der Waals surface area contributed by atoms with Crippen LogP contribution < -0.4 is 0 Å². The first kappa shape index (κ1) is 10.7. The molecular weight excluding hydrogens is 192 g/mol. The number of hydrogen-bond acceptors (Lipinski definition) is 2. The molecule has 4 nitrogen and oxygen atoms in total. The van der Waals surface area contributed by atoms with Crippen molar-refractivity contribution in [2.75, 3.05) is 32.8 Å². The van der Waals surface area contributed by atoms with Crippen LogP contribution in [0.5, 0.6) is 0 Å². The molecule has 1 atom stereocenters. The summed E-state index contributed by atoms with van der Waals surface area (Å²) in [6.07, 6.45) is 3.56. The molecule has 0 aromatic carbocycles. The van der Waals surface area contributed by atoms with Crippen LogP contribution in [0.25, 0.3) is 0 Å². The molecular formula is C11H20N2O2. The second kappa shape index (κ2) is 4.84. The zero-order valence-electron chi connectivity index (χ0n) is 9.45. The van der Waals surface area contributed by atoms with Crippen molar-refractivity contribution in [2.24, 2.45) is 0 Å². The van der Waals surface area contributed by atoms with Crippen LogP contribution in [-0.2, 0) is 4.74 Å². The minimum absolute atomic E-state index is 0.213. The molecule has 2 aliphatic heterocycles. The van der Waals surface area contributed by atoms with Gasteiger partial charge in [0.25, 0.3) is 0 Å². The van der Waals surface area contributed by atoms with Crippen molar-refractivity contribution in [1.82, 2.24) is 9.80 Å². The molecule has 2 amide bonds. The smallest absolute Gasteiger partial charge is 0.320 e. The molecule has 2 heterocycles. The van der Waals surface area contributed by atoms with Gasteiger partial charge in [-0.3, -0.25) is 0 Å². The lowest BCUT2D eigenvalue weighted by molar-refractivity contribution is 0.0368. The number of piperidine rings is 1. The van der Waals surface area contributed by atoms with Crippen LogP contribution in [0.4, 0.5) is 4.79 Å². The Bertz CT molecular complexity index is 227. The quantitative estimate of drug-likeness (QED) is 0.606. The summed E-state index contributed by atoms with van der Waals surface area (Å²) < 4.78 is 5.25. The Hall–Kier alpha value is -0.770. The van der Waals surface area contributed by atoms with Gasteiger partial charge in [-0.25, -0.2) is 4.79 Å². The van der Waals surface area contributed by atoms with Gasteiger partial charge in [0, 0.05) is 25.7 Å². The highest BCUT2D eigenvalue weighted by atomic mass is 16.5. The van der Waals surface area contributed by atoms with Crippen molar-refractivity contribution in [3.8, 4) is 0 Å². The van der Waals surface area contributed by atoms with E-state index in [1.165, 1.54) is 6.42 Å². The summed E-state index contributed by atoms with van der Waals surface area (Å²) in [5.41, 5.74) is 0. The summed E-state index contributed by atoms with van der Waals surface area (Å²) in [6.45, 7) is 5.96. The Morgan fingerprint density at radius 1 is 1.20 bits per heavy atom. The van der Waals surface area contributed by atoms with E-state index in [0.29, 0.717) is 19.3 Å². The van der Waals surface area contributed by atoms with Crippen LogP contribution in [0.15, 0.2) is 0 Å². The fourth-order valence-electron chi connectivity index (χ4n) is 2.32. The zero-order chi connectivity index (χ0) is 10.7. The molecule has 0 N–H and O–H groups in total. The molecule has 0 aliphatic carbocycles. The van der Waals surface area contributed by atoms with E-state index in [9.17, 15) is 4.79 Å². The van der Waals surface area contributed by atoms with Gasteiger partial charge >= 0.3 is 6.03 Å².